The molecule has 6 rings (SSSR count). The van der Waals surface area contributed by atoms with Crippen molar-refractivity contribution in [1.82, 2.24) is 29.6 Å². The third-order valence-corrected chi connectivity index (χ3v) is 9.04. The molecular formula is C34H37BrN8O6. The Hall–Kier alpha value is -4.44. The summed E-state index contributed by atoms with van der Waals surface area (Å²) in [6.45, 7) is 2.93. The lowest BCUT2D eigenvalue weighted by molar-refractivity contribution is -0.138. The number of nitrogens with one attached hydrogen (secondary N) is 1. The number of nitrogens with zero attached hydrogens (tertiary/aromatic N) is 6. The van der Waals surface area contributed by atoms with E-state index in [2.05, 4.69) is 41.3 Å². The van der Waals surface area contributed by atoms with Gasteiger partial charge < -0.3 is 25.4 Å². The summed E-state index contributed by atoms with van der Waals surface area (Å²) in [6, 6.07) is 10.2. The number of likely N-dealkylation sites (tertiary alicyclic amines) is 1. The monoisotopic (exact) mass is 732 g/mol. The molecule has 1 aromatic carbocycles. The molecule has 0 bridgehead atoms. The average Bonchev–Trinajstić information content (AvgIpc) is 3.60. The fraction of sp³-hybridized carbons (Fsp3) is 0.412. The summed E-state index contributed by atoms with van der Waals surface area (Å²) in [5.74, 6) is 0.423. The van der Waals surface area contributed by atoms with E-state index in [1.165, 1.54) is 11.6 Å². The van der Waals surface area contributed by atoms with Crippen LogP contribution in [0.1, 0.15) is 42.5 Å². The zero-order valence-electron chi connectivity index (χ0n) is 27.0. The van der Waals surface area contributed by atoms with Gasteiger partial charge in [0.15, 0.2) is 11.6 Å². The minimum absolute atomic E-state index is 0.00116. The molecule has 15 heteroatoms. The van der Waals surface area contributed by atoms with E-state index < -0.39 is 6.04 Å². The zero-order valence-corrected chi connectivity index (χ0v) is 28.6. The number of benzene rings is 1. The highest BCUT2D eigenvalue weighted by Gasteiger charge is 2.56. The third kappa shape index (κ3) is 8.24. The molecule has 2 fully saturated rings. The molecular weight excluding hydrogens is 696 g/mol. The van der Waals surface area contributed by atoms with Crippen molar-refractivity contribution in [1.29, 1.82) is 0 Å². The van der Waals surface area contributed by atoms with Gasteiger partial charge in [-0.2, -0.15) is 5.10 Å². The van der Waals surface area contributed by atoms with Gasteiger partial charge in [0.2, 0.25) is 11.8 Å². The van der Waals surface area contributed by atoms with Crippen LogP contribution < -0.4 is 11.1 Å². The van der Waals surface area contributed by atoms with Crippen molar-refractivity contribution in [3.8, 4) is 11.1 Å². The van der Waals surface area contributed by atoms with Crippen LogP contribution in [0.15, 0.2) is 53.4 Å². The van der Waals surface area contributed by atoms with E-state index in [9.17, 15) is 19.2 Å². The van der Waals surface area contributed by atoms with Gasteiger partial charge in [0.1, 0.15) is 41.1 Å². The number of hydrogen-bond donors (Lipinski definition) is 2. The first-order chi connectivity index (χ1) is 23.7. The van der Waals surface area contributed by atoms with Crippen LogP contribution in [-0.2, 0) is 36.8 Å². The normalized spacial score (nSPS) is 18.0. The second kappa shape index (κ2) is 15.4. The summed E-state index contributed by atoms with van der Waals surface area (Å²) in [6.07, 6.45) is 5.44. The van der Waals surface area contributed by atoms with Crippen molar-refractivity contribution in [3.63, 3.8) is 0 Å². The number of Topliss-reactive ketones (excluding diaryl/α,β-unsaturated/α-hetero) is 2. The predicted molar refractivity (Wildman–Crippen MR) is 182 cm³/mol. The number of pyridine rings is 1. The smallest absolute Gasteiger partial charge is 0.248 e. The van der Waals surface area contributed by atoms with E-state index in [1.807, 2.05) is 18.2 Å². The Balaban J connectivity index is 1.11. The van der Waals surface area contributed by atoms with Gasteiger partial charge in [-0.3, -0.25) is 23.9 Å². The number of amides is 2. The predicted octanol–water partition coefficient (Wildman–Crippen LogP) is 2.98. The molecule has 49 heavy (non-hydrogen) atoms. The maximum Gasteiger partial charge on any atom is 0.248 e. The number of aromatic nitrogens is 5. The van der Waals surface area contributed by atoms with Crippen molar-refractivity contribution < 1.29 is 28.7 Å². The number of hydrogen-bond acceptors (Lipinski definition) is 11. The van der Waals surface area contributed by atoms with Crippen LogP contribution in [0.25, 0.3) is 22.0 Å². The van der Waals surface area contributed by atoms with Crippen LogP contribution in [0.2, 0.25) is 0 Å². The van der Waals surface area contributed by atoms with Gasteiger partial charge >= 0.3 is 0 Å². The molecule has 1 saturated heterocycles. The molecule has 14 nitrogen and oxygen atoms in total. The van der Waals surface area contributed by atoms with Crippen molar-refractivity contribution in [3.05, 3.63) is 64.9 Å². The van der Waals surface area contributed by atoms with Gasteiger partial charge in [-0.1, -0.05) is 12.1 Å². The summed E-state index contributed by atoms with van der Waals surface area (Å²) in [5.41, 5.74) is 7.73. The average molecular weight is 734 g/mol. The first kappa shape index (κ1) is 34.4. The summed E-state index contributed by atoms with van der Waals surface area (Å²) in [5, 5.41) is 7.97. The highest BCUT2D eigenvalue weighted by atomic mass is 79.9. The van der Waals surface area contributed by atoms with E-state index in [-0.39, 0.29) is 54.7 Å². The molecule has 1 aliphatic heterocycles. The Labute approximate surface area is 290 Å². The Kier molecular flexibility index (Phi) is 10.8. The highest BCUT2D eigenvalue weighted by molar-refractivity contribution is 9.10. The quantitative estimate of drug-likeness (QED) is 0.0981. The van der Waals surface area contributed by atoms with E-state index in [4.69, 9.17) is 15.2 Å². The molecule has 1 aliphatic carbocycles. The molecule has 1 saturated carbocycles. The first-order valence-electron chi connectivity index (χ1n) is 16.2. The molecule has 0 spiro atoms. The lowest BCUT2D eigenvalue weighted by Crippen LogP contribution is -2.46. The number of carbonyl (C=O) groups is 4. The minimum Gasteiger partial charge on any atom is -0.378 e. The fourth-order valence-electron chi connectivity index (χ4n) is 6.13. The molecule has 0 unspecified atom stereocenters. The third-order valence-electron chi connectivity index (χ3n) is 8.59. The standard InChI is InChI=1S/C34H37BrN8O6/c1-20(44)33-25-13-21(23-16-37-30(38-17-23)8-6-24(45)19-49-12-11-48-10-9-36)5-7-26(25)42(41-33)18-32(46)43-27-14-22(27)15-28(43)34(47)40-31-4-2-3-29(35)39-31/h2-5,7,13,16-17,22,27-28H,6,8-12,14-15,18-19,36H2,1H3,(H,39,40,47)/t22-,27-,28+/m1/s1. The molecule has 3 atom stereocenters. The van der Waals surface area contributed by atoms with Crippen molar-refractivity contribution in [2.45, 2.75) is 51.2 Å². The molecule has 2 aliphatic rings. The van der Waals surface area contributed by atoms with Crippen molar-refractivity contribution in [2.75, 3.05) is 38.3 Å². The van der Waals surface area contributed by atoms with Crippen LogP contribution in [0, 0.1) is 5.92 Å². The fourth-order valence-corrected chi connectivity index (χ4v) is 6.48. The number of rotatable bonds is 16. The maximum absolute atomic E-state index is 13.7. The van der Waals surface area contributed by atoms with Gasteiger partial charge in [-0.15, -0.1) is 0 Å². The Morgan fingerprint density at radius 1 is 1.02 bits per heavy atom. The van der Waals surface area contributed by atoms with E-state index in [0.29, 0.717) is 72.3 Å². The number of carbonyl (C=O) groups excluding carboxylic acids is 4. The van der Waals surface area contributed by atoms with E-state index in [0.717, 1.165) is 17.5 Å². The first-order valence-corrected chi connectivity index (χ1v) is 17.0. The molecule has 4 aromatic rings. The van der Waals surface area contributed by atoms with E-state index >= 15 is 0 Å². The molecule has 3 N–H and O–H groups in total. The SMILES string of the molecule is CC(=O)c1nn(CC(=O)N2[C@@H]3C[C@@H]3C[C@H]2C(=O)Nc2cccc(Br)n2)c2ccc(-c3cnc(CCC(=O)COCCOCCN)nc3)cc12. The van der Waals surface area contributed by atoms with E-state index in [1.54, 1.807) is 35.5 Å². The number of aryl methyl sites for hydroxylation is 1. The number of halogens is 1. The summed E-state index contributed by atoms with van der Waals surface area (Å²) in [7, 11) is 0. The van der Waals surface area contributed by atoms with Crippen LogP contribution >= 0.6 is 15.9 Å². The lowest BCUT2D eigenvalue weighted by atomic mass is 10.0. The molecule has 0 radical (unpaired) electrons. The Bertz CT molecular complexity index is 1870. The largest absolute Gasteiger partial charge is 0.378 e. The minimum atomic E-state index is -0.612. The van der Waals surface area contributed by atoms with Crippen molar-refractivity contribution >= 4 is 56.0 Å². The Morgan fingerprint density at radius 3 is 2.57 bits per heavy atom. The van der Waals surface area contributed by atoms with Gasteiger partial charge in [-0.05, 0) is 64.5 Å². The Morgan fingerprint density at radius 2 is 1.82 bits per heavy atom. The van der Waals surface area contributed by atoms with Crippen LogP contribution in [0.3, 0.4) is 0 Å². The second-order valence-corrected chi connectivity index (χ2v) is 12.9. The molecule has 4 heterocycles. The highest BCUT2D eigenvalue weighted by Crippen LogP contribution is 2.48. The van der Waals surface area contributed by atoms with Gasteiger partial charge in [0.25, 0.3) is 0 Å². The summed E-state index contributed by atoms with van der Waals surface area (Å²) >= 11 is 3.31. The van der Waals surface area contributed by atoms with Crippen LogP contribution in [0.4, 0.5) is 5.82 Å². The lowest BCUT2D eigenvalue weighted by Gasteiger charge is -2.26. The number of ether oxygens (including phenoxy) is 2. The second-order valence-electron chi connectivity index (χ2n) is 12.1. The van der Waals surface area contributed by atoms with Gasteiger partial charge in [-0.25, -0.2) is 15.0 Å². The molecule has 256 valence electrons. The molecule has 2 amide bonds. The van der Waals surface area contributed by atoms with Crippen LogP contribution in [0.5, 0.6) is 0 Å². The number of fused-ring (bicyclic) bond motifs is 2. The maximum atomic E-state index is 13.7. The number of piperidine rings is 1. The zero-order chi connectivity index (χ0) is 34.5. The topological polar surface area (TPSA) is 185 Å². The summed E-state index contributed by atoms with van der Waals surface area (Å²) < 4.78 is 12.7. The number of ketones is 2. The summed E-state index contributed by atoms with van der Waals surface area (Å²) in [4.78, 5) is 66.6. The van der Waals surface area contributed by atoms with Gasteiger partial charge in [0.05, 0.1) is 25.3 Å². The molecule has 3 aromatic heterocycles. The van der Waals surface area contributed by atoms with Crippen LogP contribution in [-0.4, -0.2) is 98.1 Å². The number of nitrogens with two attached hydrogens (primary N) is 1. The van der Waals surface area contributed by atoms with Gasteiger partial charge in [0, 0.05) is 55.7 Å². The van der Waals surface area contributed by atoms with Crippen molar-refractivity contribution in [2.24, 2.45) is 11.7 Å². The number of anilines is 1.